The highest BCUT2D eigenvalue weighted by atomic mass is 16.3. The van der Waals surface area contributed by atoms with Gasteiger partial charge in [0.15, 0.2) is 0 Å². The van der Waals surface area contributed by atoms with Crippen LogP contribution < -0.4 is 0 Å². The molecule has 30 heavy (non-hydrogen) atoms. The van der Waals surface area contributed by atoms with E-state index in [9.17, 15) is 5.11 Å². The quantitative estimate of drug-likeness (QED) is 0.518. The Morgan fingerprint density at radius 2 is 1.53 bits per heavy atom. The van der Waals surface area contributed by atoms with Crippen LogP contribution in [-0.4, -0.2) is 32.5 Å². The molecule has 0 bridgehead atoms. The number of imidazole rings is 1. The number of aliphatic hydroxyl groups excluding tert-OH is 1. The standard InChI is InChI=1S/C26H27N3O/c30-26(21-11-5-2-6-12-21)22-14-17-28(18-15-22)19-23-25(20-9-3-1-4-10-20)27-24-13-7-8-16-29(23)24/h1-13,16,22,26,30H,14-15,17-19H2. The van der Waals surface area contributed by atoms with E-state index in [0.717, 1.165) is 54.9 Å². The molecule has 1 unspecified atom stereocenters. The SMILES string of the molecule is OC(c1ccccc1)C1CCN(Cc2c(-c3ccccc3)nc3ccccn23)CC1. The van der Waals surface area contributed by atoms with Gasteiger partial charge in [-0.05, 0) is 49.5 Å². The van der Waals surface area contributed by atoms with Gasteiger partial charge < -0.3 is 9.51 Å². The van der Waals surface area contributed by atoms with Crippen LogP contribution in [-0.2, 0) is 6.54 Å². The minimum absolute atomic E-state index is 0.319. The van der Waals surface area contributed by atoms with Crippen molar-refractivity contribution in [2.75, 3.05) is 13.1 Å². The van der Waals surface area contributed by atoms with Crippen molar-refractivity contribution in [3.8, 4) is 11.3 Å². The molecule has 2 aromatic heterocycles. The Bertz CT molecular complexity index is 1100. The maximum absolute atomic E-state index is 10.8. The molecule has 1 fully saturated rings. The van der Waals surface area contributed by atoms with E-state index < -0.39 is 0 Å². The van der Waals surface area contributed by atoms with Crippen molar-refractivity contribution in [3.63, 3.8) is 0 Å². The first kappa shape index (κ1) is 19.0. The summed E-state index contributed by atoms with van der Waals surface area (Å²) < 4.78 is 2.22. The number of piperidine rings is 1. The highest BCUT2D eigenvalue weighted by Gasteiger charge is 2.27. The minimum Gasteiger partial charge on any atom is -0.388 e. The third kappa shape index (κ3) is 3.76. The normalized spacial score (nSPS) is 16.7. The second-order valence-corrected chi connectivity index (χ2v) is 8.17. The molecule has 152 valence electrons. The van der Waals surface area contributed by atoms with Crippen LogP contribution in [0.15, 0.2) is 85.1 Å². The molecular formula is C26H27N3O. The van der Waals surface area contributed by atoms with Crippen molar-refractivity contribution < 1.29 is 5.11 Å². The largest absolute Gasteiger partial charge is 0.388 e. The van der Waals surface area contributed by atoms with Gasteiger partial charge in [0.05, 0.1) is 17.5 Å². The number of nitrogens with zero attached hydrogens (tertiary/aromatic N) is 3. The summed E-state index contributed by atoms with van der Waals surface area (Å²) in [6, 6.07) is 26.7. The number of rotatable bonds is 5. The monoisotopic (exact) mass is 397 g/mol. The van der Waals surface area contributed by atoms with Crippen molar-refractivity contribution in [2.24, 2.45) is 5.92 Å². The average molecular weight is 398 g/mol. The van der Waals surface area contributed by atoms with E-state index in [0.29, 0.717) is 5.92 Å². The molecule has 5 rings (SSSR count). The molecule has 4 heteroatoms. The number of hydrogen-bond acceptors (Lipinski definition) is 3. The Balaban J connectivity index is 1.35. The molecule has 4 nitrogen and oxygen atoms in total. The maximum atomic E-state index is 10.8. The number of hydrogen-bond donors (Lipinski definition) is 1. The summed E-state index contributed by atoms with van der Waals surface area (Å²) in [6.45, 7) is 2.84. The summed E-state index contributed by atoms with van der Waals surface area (Å²) in [5, 5.41) is 10.8. The zero-order chi connectivity index (χ0) is 20.3. The first-order chi connectivity index (χ1) is 14.8. The van der Waals surface area contributed by atoms with E-state index in [4.69, 9.17) is 4.98 Å². The van der Waals surface area contributed by atoms with Gasteiger partial charge in [0.1, 0.15) is 5.65 Å². The molecule has 0 amide bonds. The molecular weight excluding hydrogens is 370 g/mol. The molecule has 1 aliphatic heterocycles. The third-order valence-electron chi connectivity index (χ3n) is 6.27. The summed E-state index contributed by atoms with van der Waals surface area (Å²) in [5.41, 5.74) is 5.47. The maximum Gasteiger partial charge on any atom is 0.137 e. The average Bonchev–Trinajstić information content (AvgIpc) is 3.19. The lowest BCUT2D eigenvalue weighted by atomic mass is 9.87. The lowest BCUT2D eigenvalue weighted by Crippen LogP contribution is -2.35. The van der Waals surface area contributed by atoms with Crippen molar-refractivity contribution in [1.82, 2.24) is 14.3 Å². The van der Waals surface area contributed by atoms with E-state index >= 15 is 0 Å². The second kappa shape index (κ2) is 8.42. The van der Waals surface area contributed by atoms with Crippen molar-refractivity contribution in [2.45, 2.75) is 25.5 Å². The van der Waals surface area contributed by atoms with Crippen LogP contribution in [0, 0.1) is 5.92 Å². The fraction of sp³-hybridized carbons (Fsp3) is 0.269. The van der Waals surface area contributed by atoms with Gasteiger partial charge in [0, 0.05) is 18.3 Å². The number of aliphatic hydroxyl groups is 1. The zero-order valence-electron chi connectivity index (χ0n) is 17.1. The van der Waals surface area contributed by atoms with Gasteiger partial charge in [-0.1, -0.05) is 66.7 Å². The Labute approximate surface area is 177 Å². The molecule has 4 aromatic rings. The van der Waals surface area contributed by atoms with Gasteiger partial charge in [-0.2, -0.15) is 0 Å². The number of likely N-dealkylation sites (tertiary alicyclic amines) is 1. The summed E-state index contributed by atoms with van der Waals surface area (Å²) >= 11 is 0. The van der Waals surface area contributed by atoms with E-state index in [1.807, 2.05) is 42.5 Å². The Morgan fingerprint density at radius 1 is 0.867 bits per heavy atom. The summed E-state index contributed by atoms with van der Waals surface area (Å²) in [7, 11) is 0. The Hall–Kier alpha value is -2.95. The molecule has 0 radical (unpaired) electrons. The molecule has 0 aliphatic carbocycles. The first-order valence-electron chi connectivity index (χ1n) is 10.8. The molecule has 2 aromatic carbocycles. The highest BCUT2D eigenvalue weighted by molar-refractivity contribution is 5.66. The predicted molar refractivity (Wildman–Crippen MR) is 120 cm³/mol. The number of aromatic nitrogens is 2. The summed E-state index contributed by atoms with van der Waals surface area (Å²) in [5.74, 6) is 0.319. The van der Waals surface area contributed by atoms with E-state index in [1.54, 1.807) is 0 Å². The van der Waals surface area contributed by atoms with Crippen LogP contribution >= 0.6 is 0 Å². The second-order valence-electron chi connectivity index (χ2n) is 8.17. The van der Waals surface area contributed by atoms with Crippen LogP contribution in [0.5, 0.6) is 0 Å². The Kier molecular flexibility index (Phi) is 5.35. The smallest absolute Gasteiger partial charge is 0.137 e. The van der Waals surface area contributed by atoms with Crippen LogP contribution in [0.25, 0.3) is 16.9 Å². The Morgan fingerprint density at radius 3 is 2.27 bits per heavy atom. The van der Waals surface area contributed by atoms with Crippen molar-refractivity contribution in [3.05, 3.63) is 96.3 Å². The van der Waals surface area contributed by atoms with Gasteiger partial charge >= 0.3 is 0 Å². The lowest BCUT2D eigenvalue weighted by Gasteiger charge is -2.34. The van der Waals surface area contributed by atoms with Crippen molar-refractivity contribution in [1.29, 1.82) is 0 Å². The summed E-state index contributed by atoms with van der Waals surface area (Å²) in [4.78, 5) is 7.42. The fourth-order valence-electron chi connectivity index (χ4n) is 4.59. The highest BCUT2D eigenvalue weighted by Crippen LogP contribution is 2.32. The summed E-state index contributed by atoms with van der Waals surface area (Å²) in [6.07, 6.45) is 3.75. The molecule has 1 atom stereocenters. The number of fused-ring (bicyclic) bond motifs is 1. The number of benzene rings is 2. The molecule has 1 saturated heterocycles. The molecule has 1 N–H and O–H groups in total. The van der Waals surface area contributed by atoms with Crippen LogP contribution in [0.4, 0.5) is 0 Å². The number of pyridine rings is 1. The topological polar surface area (TPSA) is 40.8 Å². The van der Waals surface area contributed by atoms with E-state index in [1.165, 1.54) is 5.69 Å². The molecule has 0 saturated carbocycles. The van der Waals surface area contributed by atoms with Gasteiger partial charge in [-0.3, -0.25) is 4.90 Å². The van der Waals surface area contributed by atoms with E-state index in [-0.39, 0.29) is 6.10 Å². The molecule has 1 aliphatic rings. The lowest BCUT2D eigenvalue weighted by molar-refractivity contribution is 0.0564. The zero-order valence-corrected chi connectivity index (χ0v) is 17.1. The van der Waals surface area contributed by atoms with Crippen molar-refractivity contribution >= 4 is 5.65 Å². The van der Waals surface area contributed by atoms with Crippen LogP contribution in [0.3, 0.4) is 0 Å². The fourth-order valence-corrected chi connectivity index (χ4v) is 4.59. The molecule has 0 spiro atoms. The molecule has 3 heterocycles. The van der Waals surface area contributed by atoms with Gasteiger partial charge in [0.2, 0.25) is 0 Å². The third-order valence-corrected chi connectivity index (χ3v) is 6.27. The first-order valence-corrected chi connectivity index (χ1v) is 10.8. The van der Waals surface area contributed by atoms with Gasteiger partial charge in [0.25, 0.3) is 0 Å². The van der Waals surface area contributed by atoms with Crippen LogP contribution in [0.2, 0.25) is 0 Å². The predicted octanol–water partition coefficient (Wildman–Crippen LogP) is 4.95. The van der Waals surface area contributed by atoms with Crippen LogP contribution in [0.1, 0.15) is 30.2 Å². The van der Waals surface area contributed by atoms with Gasteiger partial charge in [-0.25, -0.2) is 4.98 Å². The van der Waals surface area contributed by atoms with Gasteiger partial charge in [-0.15, -0.1) is 0 Å². The van der Waals surface area contributed by atoms with E-state index in [2.05, 4.69) is 51.9 Å². The minimum atomic E-state index is -0.371.